The van der Waals surface area contributed by atoms with Crippen molar-refractivity contribution >= 4 is 5.96 Å². The Bertz CT molecular complexity index is 726. The first-order valence-corrected chi connectivity index (χ1v) is 9.71. The van der Waals surface area contributed by atoms with Gasteiger partial charge in [0, 0.05) is 30.9 Å². The number of aliphatic imine (C=N–C) groups is 1. The van der Waals surface area contributed by atoms with Gasteiger partial charge in [0.1, 0.15) is 0 Å². The standard InChI is InChI=1S/C21H31N5/c1-16-20(14-23-21(22-3)24-19-12-8-5-9-13-19)17(2)26(25-16)15-18-10-6-4-7-11-18/h4,6-7,10-11,19H,5,8-9,12-15H2,1-3H3,(H2,22,23,24). The summed E-state index contributed by atoms with van der Waals surface area (Å²) in [4.78, 5) is 4.40. The van der Waals surface area contributed by atoms with Crippen LogP contribution in [0.15, 0.2) is 35.3 Å². The Labute approximate surface area is 156 Å². The number of rotatable bonds is 5. The van der Waals surface area contributed by atoms with Gasteiger partial charge in [-0.1, -0.05) is 49.6 Å². The third-order valence-corrected chi connectivity index (χ3v) is 5.31. The van der Waals surface area contributed by atoms with E-state index in [2.05, 4.69) is 58.4 Å². The highest BCUT2D eigenvalue weighted by atomic mass is 15.3. The lowest BCUT2D eigenvalue weighted by Crippen LogP contribution is -2.43. The average molecular weight is 354 g/mol. The maximum atomic E-state index is 4.74. The molecule has 1 heterocycles. The van der Waals surface area contributed by atoms with Gasteiger partial charge in [0.05, 0.1) is 12.2 Å². The molecule has 1 aromatic heterocycles. The van der Waals surface area contributed by atoms with Crippen LogP contribution in [0.4, 0.5) is 0 Å². The van der Waals surface area contributed by atoms with E-state index in [0.29, 0.717) is 6.04 Å². The molecule has 0 amide bonds. The van der Waals surface area contributed by atoms with Crippen molar-refractivity contribution in [3.05, 3.63) is 52.8 Å². The van der Waals surface area contributed by atoms with Crippen molar-refractivity contribution in [1.29, 1.82) is 0 Å². The summed E-state index contributed by atoms with van der Waals surface area (Å²) < 4.78 is 2.10. The number of benzene rings is 1. The van der Waals surface area contributed by atoms with Gasteiger partial charge in [0.25, 0.3) is 0 Å². The first kappa shape index (κ1) is 18.5. The van der Waals surface area contributed by atoms with Gasteiger partial charge in [-0.3, -0.25) is 9.67 Å². The normalized spacial score (nSPS) is 15.9. The Morgan fingerprint density at radius 2 is 1.88 bits per heavy atom. The van der Waals surface area contributed by atoms with Gasteiger partial charge in [0.15, 0.2) is 5.96 Å². The van der Waals surface area contributed by atoms with E-state index in [1.165, 1.54) is 48.9 Å². The Morgan fingerprint density at radius 1 is 1.15 bits per heavy atom. The topological polar surface area (TPSA) is 54.2 Å². The molecule has 0 atom stereocenters. The van der Waals surface area contributed by atoms with Crippen LogP contribution < -0.4 is 10.6 Å². The Kier molecular flexibility index (Phi) is 6.31. The molecule has 0 spiro atoms. The molecule has 2 aromatic rings. The molecule has 1 aliphatic rings. The molecule has 140 valence electrons. The summed E-state index contributed by atoms with van der Waals surface area (Å²) in [6, 6.07) is 11.0. The lowest BCUT2D eigenvalue weighted by molar-refractivity contribution is 0.410. The van der Waals surface area contributed by atoms with Crippen molar-refractivity contribution < 1.29 is 0 Å². The molecule has 1 fully saturated rings. The third kappa shape index (κ3) is 4.65. The largest absolute Gasteiger partial charge is 0.354 e. The molecule has 0 unspecified atom stereocenters. The summed E-state index contributed by atoms with van der Waals surface area (Å²) in [5.74, 6) is 0.895. The van der Waals surface area contributed by atoms with Crippen molar-refractivity contribution in [3.63, 3.8) is 0 Å². The predicted molar refractivity (Wildman–Crippen MR) is 107 cm³/mol. The minimum atomic E-state index is 0.554. The van der Waals surface area contributed by atoms with Gasteiger partial charge in [-0.2, -0.15) is 5.10 Å². The molecule has 3 rings (SSSR count). The van der Waals surface area contributed by atoms with Gasteiger partial charge >= 0.3 is 0 Å². The summed E-state index contributed by atoms with van der Waals surface area (Å²) >= 11 is 0. The molecule has 0 radical (unpaired) electrons. The molecule has 0 saturated heterocycles. The first-order valence-electron chi connectivity index (χ1n) is 9.71. The van der Waals surface area contributed by atoms with Crippen molar-refractivity contribution in [2.75, 3.05) is 7.05 Å². The number of hydrogen-bond donors (Lipinski definition) is 2. The second kappa shape index (κ2) is 8.88. The van der Waals surface area contributed by atoms with Crippen LogP contribution in [0.2, 0.25) is 0 Å². The third-order valence-electron chi connectivity index (χ3n) is 5.31. The van der Waals surface area contributed by atoms with Gasteiger partial charge in [-0.05, 0) is 32.3 Å². The Balaban J connectivity index is 1.62. The van der Waals surface area contributed by atoms with E-state index in [1.807, 2.05) is 13.1 Å². The van der Waals surface area contributed by atoms with Crippen LogP contribution in [0.1, 0.15) is 54.6 Å². The van der Waals surface area contributed by atoms with Crippen molar-refractivity contribution in [1.82, 2.24) is 20.4 Å². The zero-order valence-electron chi connectivity index (χ0n) is 16.3. The highest BCUT2D eigenvalue weighted by Gasteiger charge is 2.16. The minimum Gasteiger partial charge on any atom is -0.354 e. The van der Waals surface area contributed by atoms with Crippen molar-refractivity contribution in [2.45, 2.75) is 65.1 Å². The summed E-state index contributed by atoms with van der Waals surface area (Å²) in [6.07, 6.45) is 6.49. The SMILES string of the molecule is CN=C(NCc1c(C)nn(Cc2ccccc2)c1C)NC1CCCCC1. The van der Waals surface area contributed by atoms with Crippen LogP contribution in [0.25, 0.3) is 0 Å². The molecule has 1 aromatic carbocycles. The van der Waals surface area contributed by atoms with Gasteiger partial charge in [-0.15, -0.1) is 0 Å². The first-order chi connectivity index (χ1) is 12.7. The van der Waals surface area contributed by atoms with Crippen molar-refractivity contribution in [3.8, 4) is 0 Å². The van der Waals surface area contributed by atoms with E-state index in [9.17, 15) is 0 Å². The number of hydrogen-bond acceptors (Lipinski definition) is 2. The quantitative estimate of drug-likeness (QED) is 0.638. The monoisotopic (exact) mass is 353 g/mol. The van der Waals surface area contributed by atoms with Crippen molar-refractivity contribution in [2.24, 2.45) is 4.99 Å². The number of nitrogens with one attached hydrogen (secondary N) is 2. The Hall–Kier alpha value is -2.30. The molecule has 5 heteroatoms. The van der Waals surface area contributed by atoms with E-state index in [1.54, 1.807) is 0 Å². The summed E-state index contributed by atoms with van der Waals surface area (Å²) in [7, 11) is 1.84. The maximum absolute atomic E-state index is 4.74. The zero-order valence-corrected chi connectivity index (χ0v) is 16.3. The van der Waals surface area contributed by atoms with Crippen LogP contribution in [-0.4, -0.2) is 28.8 Å². The molecule has 0 aliphatic heterocycles. The molecular weight excluding hydrogens is 322 g/mol. The minimum absolute atomic E-state index is 0.554. The predicted octanol–water partition coefficient (Wildman–Crippen LogP) is 3.55. The van der Waals surface area contributed by atoms with E-state index in [4.69, 9.17) is 5.10 Å². The fourth-order valence-corrected chi connectivity index (χ4v) is 3.71. The lowest BCUT2D eigenvalue weighted by Gasteiger charge is -2.24. The fraction of sp³-hybridized carbons (Fsp3) is 0.524. The maximum Gasteiger partial charge on any atom is 0.191 e. The fourth-order valence-electron chi connectivity index (χ4n) is 3.71. The Morgan fingerprint density at radius 3 is 2.58 bits per heavy atom. The number of aryl methyl sites for hydroxylation is 1. The van der Waals surface area contributed by atoms with Crippen LogP contribution in [0.3, 0.4) is 0 Å². The number of guanidine groups is 1. The average Bonchev–Trinajstić information content (AvgIpc) is 2.93. The summed E-state index contributed by atoms with van der Waals surface area (Å²) in [5.41, 5.74) is 4.82. The van der Waals surface area contributed by atoms with E-state index < -0.39 is 0 Å². The van der Waals surface area contributed by atoms with Crippen LogP contribution >= 0.6 is 0 Å². The van der Waals surface area contributed by atoms with Gasteiger partial charge < -0.3 is 10.6 Å². The van der Waals surface area contributed by atoms with E-state index in [0.717, 1.165) is 24.7 Å². The second-order valence-corrected chi connectivity index (χ2v) is 7.20. The van der Waals surface area contributed by atoms with Crippen LogP contribution in [0.5, 0.6) is 0 Å². The lowest BCUT2D eigenvalue weighted by atomic mass is 9.96. The van der Waals surface area contributed by atoms with E-state index in [-0.39, 0.29) is 0 Å². The molecular formula is C21H31N5. The van der Waals surface area contributed by atoms with Crippen LogP contribution in [0, 0.1) is 13.8 Å². The number of nitrogens with zero attached hydrogens (tertiary/aromatic N) is 3. The molecule has 1 aliphatic carbocycles. The summed E-state index contributed by atoms with van der Waals surface area (Å²) in [5, 5.41) is 11.8. The second-order valence-electron chi connectivity index (χ2n) is 7.20. The van der Waals surface area contributed by atoms with Gasteiger partial charge in [0.2, 0.25) is 0 Å². The van der Waals surface area contributed by atoms with Gasteiger partial charge in [-0.25, -0.2) is 0 Å². The molecule has 0 bridgehead atoms. The van der Waals surface area contributed by atoms with Crippen LogP contribution in [-0.2, 0) is 13.1 Å². The van der Waals surface area contributed by atoms with E-state index >= 15 is 0 Å². The smallest absolute Gasteiger partial charge is 0.191 e. The highest BCUT2D eigenvalue weighted by Crippen LogP contribution is 2.18. The molecule has 1 saturated carbocycles. The number of aromatic nitrogens is 2. The highest BCUT2D eigenvalue weighted by molar-refractivity contribution is 5.80. The zero-order chi connectivity index (χ0) is 18.4. The molecule has 5 nitrogen and oxygen atoms in total. The molecule has 26 heavy (non-hydrogen) atoms. The summed E-state index contributed by atoms with van der Waals surface area (Å²) in [6.45, 7) is 5.79. The molecule has 2 N–H and O–H groups in total.